The quantitative estimate of drug-likeness (QED) is 0.824. The molecule has 1 aliphatic carbocycles. The summed E-state index contributed by atoms with van der Waals surface area (Å²) in [4.78, 5) is 0. The molecular weight excluding hydrogens is 242 g/mol. The van der Waals surface area contributed by atoms with Crippen molar-refractivity contribution in [3.05, 3.63) is 22.8 Å². The fraction of sp³-hybridized carbons (Fsp3) is 0.533. The third-order valence-electron chi connectivity index (χ3n) is 3.95. The first-order chi connectivity index (χ1) is 8.95. The van der Waals surface area contributed by atoms with Crippen molar-refractivity contribution < 1.29 is 14.6 Å². The van der Waals surface area contributed by atoms with Gasteiger partial charge in [0.25, 0.3) is 0 Å². The van der Waals surface area contributed by atoms with Crippen LogP contribution >= 0.6 is 0 Å². The zero-order valence-electron chi connectivity index (χ0n) is 12.0. The van der Waals surface area contributed by atoms with Gasteiger partial charge in [0.1, 0.15) is 17.1 Å². The number of aliphatic hydroxyl groups is 1. The van der Waals surface area contributed by atoms with Gasteiger partial charge in [-0.3, -0.25) is 0 Å². The van der Waals surface area contributed by atoms with E-state index in [1.165, 1.54) is 0 Å². The predicted octanol–water partition coefficient (Wildman–Crippen LogP) is 2.58. The van der Waals surface area contributed by atoms with Crippen LogP contribution in [0.1, 0.15) is 36.5 Å². The molecule has 0 aromatic heterocycles. The molecule has 2 N–H and O–H groups in total. The lowest BCUT2D eigenvalue weighted by atomic mass is 9.75. The van der Waals surface area contributed by atoms with Crippen LogP contribution in [0, 0.1) is 12.3 Å². The molecule has 0 heterocycles. The Kier molecular flexibility index (Phi) is 3.54. The maximum atomic E-state index is 10.9. The van der Waals surface area contributed by atoms with Gasteiger partial charge in [-0.2, -0.15) is 0 Å². The van der Waals surface area contributed by atoms with Crippen LogP contribution in [0.15, 0.2) is 6.07 Å². The number of aryl methyl sites for hydroxylation is 1. The molecule has 0 aliphatic heterocycles. The van der Waals surface area contributed by atoms with Gasteiger partial charge in [-0.15, -0.1) is 0 Å². The minimum absolute atomic E-state index is 0.248. The van der Waals surface area contributed by atoms with Crippen molar-refractivity contribution in [1.29, 1.82) is 5.41 Å². The normalized spacial score (nSPS) is 21.7. The Balaban J connectivity index is 2.78. The minimum atomic E-state index is -1.24. The Bertz CT molecular complexity index is 525. The number of methoxy groups -OCH3 is 2. The summed E-state index contributed by atoms with van der Waals surface area (Å²) in [7, 11) is 3.23. The topological polar surface area (TPSA) is 62.5 Å². The third-order valence-corrected chi connectivity index (χ3v) is 3.95. The second kappa shape index (κ2) is 4.85. The summed E-state index contributed by atoms with van der Waals surface area (Å²) in [6.45, 7) is 3.60. The Morgan fingerprint density at radius 3 is 2.58 bits per heavy atom. The Morgan fingerprint density at radius 2 is 2.05 bits per heavy atom. The van der Waals surface area contributed by atoms with Crippen molar-refractivity contribution >= 4 is 5.71 Å². The van der Waals surface area contributed by atoms with Crippen LogP contribution in [-0.4, -0.2) is 25.0 Å². The van der Waals surface area contributed by atoms with Crippen LogP contribution in [0.4, 0.5) is 0 Å². The van der Waals surface area contributed by atoms with E-state index in [9.17, 15) is 5.11 Å². The zero-order chi connectivity index (χ0) is 14.2. The average Bonchev–Trinajstić information content (AvgIpc) is 2.37. The Labute approximate surface area is 113 Å². The SMILES string of the molecule is COc1cc(C)c(OC)c2c1C(O)(C(C)=N)CCC2. The lowest BCUT2D eigenvalue weighted by Gasteiger charge is -2.36. The van der Waals surface area contributed by atoms with E-state index in [0.717, 1.165) is 29.7 Å². The zero-order valence-corrected chi connectivity index (χ0v) is 12.0. The van der Waals surface area contributed by atoms with Crippen LogP contribution in [-0.2, 0) is 12.0 Å². The summed E-state index contributed by atoms with van der Waals surface area (Å²) in [5.74, 6) is 1.44. The molecule has 1 atom stereocenters. The van der Waals surface area contributed by atoms with Crippen molar-refractivity contribution in [2.45, 2.75) is 38.7 Å². The largest absolute Gasteiger partial charge is 0.496 e. The summed E-state index contributed by atoms with van der Waals surface area (Å²) in [6, 6.07) is 1.87. The second-order valence-corrected chi connectivity index (χ2v) is 5.12. The first-order valence-electron chi connectivity index (χ1n) is 6.48. The van der Waals surface area contributed by atoms with Gasteiger partial charge in [-0.1, -0.05) is 0 Å². The van der Waals surface area contributed by atoms with Gasteiger partial charge in [0, 0.05) is 16.8 Å². The molecule has 0 radical (unpaired) electrons. The summed E-state index contributed by atoms with van der Waals surface area (Å²) < 4.78 is 10.9. The molecule has 4 heteroatoms. The van der Waals surface area contributed by atoms with Gasteiger partial charge >= 0.3 is 0 Å². The summed E-state index contributed by atoms with van der Waals surface area (Å²) in [5, 5.41) is 18.8. The molecule has 104 valence electrons. The van der Waals surface area contributed by atoms with E-state index < -0.39 is 5.60 Å². The molecule has 1 aliphatic rings. The average molecular weight is 263 g/mol. The molecule has 0 saturated carbocycles. The lowest BCUT2D eigenvalue weighted by molar-refractivity contribution is 0.0857. The van der Waals surface area contributed by atoms with Gasteiger partial charge < -0.3 is 20.0 Å². The molecule has 0 spiro atoms. The summed E-state index contributed by atoms with van der Waals surface area (Å²) in [6.07, 6.45) is 2.23. The first-order valence-corrected chi connectivity index (χ1v) is 6.48. The number of ether oxygens (including phenoxy) is 2. The smallest absolute Gasteiger partial charge is 0.131 e. The van der Waals surface area contributed by atoms with Crippen LogP contribution in [0.5, 0.6) is 11.5 Å². The highest BCUT2D eigenvalue weighted by Gasteiger charge is 2.41. The van der Waals surface area contributed by atoms with Crippen LogP contribution in [0.3, 0.4) is 0 Å². The molecule has 1 aromatic carbocycles. The van der Waals surface area contributed by atoms with E-state index in [2.05, 4.69) is 0 Å². The molecule has 19 heavy (non-hydrogen) atoms. The van der Waals surface area contributed by atoms with Crippen molar-refractivity contribution in [3.63, 3.8) is 0 Å². The molecule has 0 fully saturated rings. The number of hydrogen-bond donors (Lipinski definition) is 2. The monoisotopic (exact) mass is 263 g/mol. The van der Waals surface area contributed by atoms with Gasteiger partial charge in [0.15, 0.2) is 0 Å². The van der Waals surface area contributed by atoms with Crippen LogP contribution in [0.25, 0.3) is 0 Å². The third kappa shape index (κ3) is 2.00. The van der Waals surface area contributed by atoms with Crippen molar-refractivity contribution in [1.82, 2.24) is 0 Å². The first kappa shape index (κ1) is 13.9. The molecule has 4 nitrogen and oxygen atoms in total. The van der Waals surface area contributed by atoms with E-state index in [1.54, 1.807) is 21.1 Å². The molecule has 1 aromatic rings. The van der Waals surface area contributed by atoms with Crippen LogP contribution < -0.4 is 9.47 Å². The summed E-state index contributed by atoms with van der Waals surface area (Å²) in [5.41, 5.74) is 1.68. The molecule has 2 rings (SSSR count). The fourth-order valence-electron chi connectivity index (χ4n) is 2.99. The molecule has 0 amide bonds. The summed E-state index contributed by atoms with van der Waals surface area (Å²) >= 11 is 0. The molecule has 0 bridgehead atoms. The lowest BCUT2D eigenvalue weighted by Crippen LogP contribution is -2.38. The van der Waals surface area contributed by atoms with Crippen LogP contribution in [0.2, 0.25) is 0 Å². The van der Waals surface area contributed by atoms with Crippen molar-refractivity contribution in [2.24, 2.45) is 0 Å². The molecule has 0 saturated heterocycles. The standard InChI is InChI=1S/C15H21NO3/c1-9-8-12(18-3)13-11(14(9)19-4)6-5-7-15(13,17)10(2)16/h8,16-17H,5-7H2,1-4H3. The van der Waals surface area contributed by atoms with E-state index in [0.29, 0.717) is 17.7 Å². The second-order valence-electron chi connectivity index (χ2n) is 5.12. The van der Waals surface area contributed by atoms with E-state index in [4.69, 9.17) is 14.9 Å². The van der Waals surface area contributed by atoms with E-state index >= 15 is 0 Å². The van der Waals surface area contributed by atoms with Gasteiger partial charge in [-0.05, 0) is 44.7 Å². The fourth-order valence-corrected chi connectivity index (χ4v) is 2.99. The number of hydrogen-bond acceptors (Lipinski definition) is 4. The number of nitrogens with one attached hydrogen (secondary N) is 1. The van der Waals surface area contributed by atoms with Gasteiger partial charge in [0.05, 0.1) is 14.2 Å². The van der Waals surface area contributed by atoms with E-state index in [1.807, 2.05) is 13.0 Å². The highest BCUT2D eigenvalue weighted by molar-refractivity contribution is 5.90. The predicted molar refractivity (Wildman–Crippen MR) is 74.5 cm³/mol. The Hall–Kier alpha value is -1.55. The highest BCUT2D eigenvalue weighted by Crippen LogP contribution is 2.46. The van der Waals surface area contributed by atoms with E-state index in [-0.39, 0.29) is 5.71 Å². The van der Waals surface area contributed by atoms with Crippen molar-refractivity contribution in [2.75, 3.05) is 14.2 Å². The maximum absolute atomic E-state index is 10.9. The molecular formula is C15H21NO3. The maximum Gasteiger partial charge on any atom is 0.131 e. The van der Waals surface area contributed by atoms with Gasteiger partial charge in [-0.25, -0.2) is 0 Å². The highest BCUT2D eigenvalue weighted by atomic mass is 16.5. The van der Waals surface area contributed by atoms with Gasteiger partial charge in [0.2, 0.25) is 0 Å². The minimum Gasteiger partial charge on any atom is -0.496 e. The Morgan fingerprint density at radius 1 is 1.37 bits per heavy atom. The number of fused-ring (bicyclic) bond motifs is 1. The van der Waals surface area contributed by atoms with Crippen molar-refractivity contribution in [3.8, 4) is 11.5 Å². The number of rotatable bonds is 3. The number of benzene rings is 1. The molecule has 1 unspecified atom stereocenters.